The van der Waals surface area contributed by atoms with Gasteiger partial charge in [0.15, 0.2) is 18.1 Å². The molecule has 1 aliphatic carbocycles. The molecular weight excluding hydrogens is 446 g/mol. The monoisotopic (exact) mass is 467 g/mol. The van der Waals surface area contributed by atoms with Gasteiger partial charge in [-0.05, 0) is 37.0 Å². The van der Waals surface area contributed by atoms with Crippen molar-refractivity contribution in [2.45, 2.75) is 25.7 Å². The zero-order chi connectivity index (χ0) is 22.9. The van der Waals surface area contributed by atoms with Gasteiger partial charge in [-0.2, -0.15) is 5.26 Å². The molecule has 0 radical (unpaired) electrons. The molecule has 9 nitrogen and oxygen atoms in total. The number of carbonyl (C=O) groups excluding carboxylic acids is 3. The molecule has 3 heterocycles. The number of hydrogen-bond donors (Lipinski definition) is 1. The van der Waals surface area contributed by atoms with E-state index in [1.165, 1.54) is 16.2 Å². The largest absolute Gasteiger partial charge is 0.486 e. The molecule has 0 bridgehead atoms. The summed E-state index contributed by atoms with van der Waals surface area (Å²) in [5, 5.41) is 12.6. The Bertz CT molecular complexity index is 1180. The zero-order valence-electron chi connectivity index (χ0n) is 17.7. The number of anilines is 2. The summed E-state index contributed by atoms with van der Waals surface area (Å²) in [5.74, 6) is -0.802. The lowest BCUT2D eigenvalue weighted by Gasteiger charge is -2.22. The Labute approximate surface area is 193 Å². The molecule has 5 rings (SSSR count). The first-order valence-corrected chi connectivity index (χ1v) is 11.6. The normalized spacial score (nSPS) is 18.6. The number of nitrogens with zero attached hydrogens (tertiary/aromatic N) is 2. The summed E-state index contributed by atoms with van der Waals surface area (Å²) in [7, 11) is 0. The maximum Gasteiger partial charge on any atom is 0.311 e. The lowest BCUT2D eigenvalue weighted by Crippen LogP contribution is -2.28. The van der Waals surface area contributed by atoms with Gasteiger partial charge < -0.3 is 24.4 Å². The van der Waals surface area contributed by atoms with E-state index in [9.17, 15) is 19.6 Å². The first kappa shape index (κ1) is 21.3. The van der Waals surface area contributed by atoms with E-state index in [1.54, 1.807) is 18.2 Å². The molecule has 1 N–H and O–H groups in total. The average molecular weight is 468 g/mol. The van der Waals surface area contributed by atoms with E-state index >= 15 is 0 Å². The molecule has 0 saturated carbocycles. The number of benzene rings is 1. The minimum atomic E-state index is -0.668. The zero-order valence-corrected chi connectivity index (χ0v) is 18.5. The van der Waals surface area contributed by atoms with E-state index in [0.29, 0.717) is 41.0 Å². The van der Waals surface area contributed by atoms with E-state index in [0.717, 1.165) is 29.7 Å². The second-order valence-corrected chi connectivity index (χ2v) is 9.17. The molecule has 1 aromatic heterocycles. The highest BCUT2D eigenvalue weighted by atomic mass is 32.1. The molecule has 170 valence electrons. The molecule has 0 unspecified atom stereocenters. The second kappa shape index (κ2) is 8.75. The smallest absolute Gasteiger partial charge is 0.311 e. The number of amides is 2. The third-order valence-corrected chi connectivity index (χ3v) is 7.13. The molecular formula is C23H21N3O6S. The van der Waals surface area contributed by atoms with Crippen molar-refractivity contribution >= 4 is 39.8 Å². The van der Waals surface area contributed by atoms with E-state index in [2.05, 4.69) is 11.4 Å². The molecule has 0 spiro atoms. The molecule has 1 saturated heterocycles. The fourth-order valence-corrected chi connectivity index (χ4v) is 5.60. The van der Waals surface area contributed by atoms with Crippen molar-refractivity contribution in [3.8, 4) is 17.6 Å². The quantitative estimate of drug-likeness (QED) is 0.671. The van der Waals surface area contributed by atoms with E-state index < -0.39 is 24.4 Å². The number of ether oxygens (including phenoxy) is 3. The number of nitrogens with one attached hydrogen (secondary N) is 1. The Hall–Kier alpha value is -3.58. The van der Waals surface area contributed by atoms with Crippen LogP contribution >= 0.6 is 11.3 Å². The summed E-state index contributed by atoms with van der Waals surface area (Å²) in [5.41, 5.74) is 2.13. The highest BCUT2D eigenvalue weighted by Crippen LogP contribution is 2.39. The van der Waals surface area contributed by atoms with E-state index in [1.807, 2.05) is 0 Å². The Morgan fingerprint density at radius 1 is 1.24 bits per heavy atom. The van der Waals surface area contributed by atoms with Gasteiger partial charge in [-0.1, -0.05) is 0 Å². The lowest BCUT2D eigenvalue weighted by molar-refractivity contribution is -0.151. The predicted octanol–water partition coefficient (Wildman–Crippen LogP) is 2.41. The molecule has 10 heteroatoms. The molecule has 2 aromatic rings. The fourth-order valence-electron chi connectivity index (χ4n) is 4.34. The first-order chi connectivity index (χ1) is 16.0. The Morgan fingerprint density at radius 2 is 2.06 bits per heavy atom. The molecule has 33 heavy (non-hydrogen) atoms. The Morgan fingerprint density at radius 3 is 2.88 bits per heavy atom. The maximum atomic E-state index is 12.5. The number of thiophene rings is 1. The standard InChI is InChI=1S/C23H21N3O6S/c24-10-16-15-2-1-3-19(15)33-22(16)25-20(27)12-32-23(29)13-8-21(28)26(11-13)14-4-5-17-18(9-14)31-7-6-30-17/h4-5,9,13H,1-3,6-8,11-12H2,(H,25,27)/t13-/m0/s1. The van der Waals surface area contributed by atoms with Crippen molar-refractivity contribution in [1.82, 2.24) is 0 Å². The minimum absolute atomic E-state index is 0.00508. The van der Waals surface area contributed by atoms with Crippen LogP contribution in [0.2, 0.25) is 0 Å². The van der Waals surface area contributed by atoms with Crippen LogP contribution in [0.4, 0.5) is 10.7 Å². The summed E-state index contributed by atoms with van der Waals surface area (Å²) < 4.78 is 16.2. The van der Waals surface area contributed by atoms with Crippen LogP contribution in [0.15, 0.2) is 18.2 Å². The molecule has 2 amide bonds. The van der Waals surface area contributed by atoms with Crippen molar-refractivity contribution in [2.24, 2.45) is 5.92 Å². The summed E-state index contributed by atoms with van der Waals surface area (Å²) in [6, 6.07) is 7.37. The average Bonchev–Trinajstić information content (AvgIpc) is 3.51. The van der Waals surface area contributed by atoms with Gasteiger partial charge in [0, 0.05) is 29.6 Å². The van der Waals surface area contributed by atoms with Gasteiger partial charge in [0.05, 0.1) is 11.5 Å². The van der Waals surface area contributed by atoms with Crippen LogP contribution in [-0.4, -0.2) is 44.1 Å². The van der Waals surface area contributed by atoms with Crippen molar-refractivity contribution in [1.29, 1.82) is 5.26 Å². The number of nitriles is 1. The molecule has 1 fully saturated rings. The van der Waals surface area contributed by atoms with Gasteiger partial charge in [0.2, 0.25) is 5.91 Å². The van der Waals surface area contributed by atoms with Crippen LogP contribution in [0.1, 0.15) is 28.8 Å². The third kappa shape index (κ3) is 4.12. The molecule has 3 aliphatic rings. The van der Waals surface area contributed by atoms with Gasteiger partial charge in [-0.3, -0.25) is 14.4 Å². The van der Waals surface area contributed by atoms with Crippen LogP contribution in [0, 0.1) is 17.2 Å². The number of hydrogen-bond acceptors (Lipinski definition) is 8. The number of aryl methyl sites for hydroxylation is 1. The summed E-state index contributed by atoms with van der Waals surface area (Å²) in [4.78, 5) is 40.0. The maximum absolute atomic E-state index is 12.5. The number of esters is 1. The van der Waals surface area contributed by atoms with Crippen LogP contribution in [0.5, 0.6) is 11.5 Å². The van der Waals surface area contributed by atoms with Gasteiger partial charge in [0.25, 0.3) is 5.91 Å². The van der Waals surface area contributed by atoms with Crippen molar-refractivity contribution in [3.05, 3.63) is 34.2 Å². The minimum Gasteiger partial charge on any atom is -0.486 e. The van der Waals surface area contributed by atoms with Crippen LogP contribution in [0.3, 0.4) is 0 Å². The van der Waals surface area contributed by atoms with Crippen LogP contribution < -0.4 is 19.7 Å². The van der Waals surface area contributed by atoms with Gasteiger partial charge >= 0.3 is 5.97 Å². The van der Waals surface area contributed by atoms with Gasteiger partial charge in [-0.15, -0.1) is 11.3 Å². The van der Waals surface area contributed by atoms with Gasteiger partial charge in [0.1, 0.15) is 24.3 Å². The fraction of sp³-hybridized carbons (Fsp3) is 0.391. The van der Waals surface area contributed by atoms with Crippen molar-refractivity contribution in [2.75, 3.05) is 36.6 Å². The predicted molar refractivity (Wildman–Crippen MR) is 119 cm³/mol. The highest BCUT2D eigenvalue weighted by molar-refractivity contribution is 7.16. The summed E-state index contributed by atoms with van der Waals surface area (Å²) >= 11 is 1.40. The molecule has 2 aliphatic heterocycles. The molecule has 1 atom stereocenters. The van der Waals surface area contributed by atoms with Crippen LogP contribution in [0.25, 0.3) is 0 Å². The molecule has 1 aromatic carbocycles. The number of rotatable bonds is 5. The SMILES string of the molecule is N#Cc1c(NC(=O)COC(=O)[C@H]2CC(=O)N(c3ccc4c(c3)OCCO4)C2)sc2c1CCC2. The van der Waals surface area contributed by atoms with Crippen molar-refractivity contribution < 1.29 is 28.6 Å². The third-order valence-electron chi connectivity index (χ3n) is 5.93. The number of carbonyl (C=O) groups is 3. The lowest BCUT2D eigenvalue weighted by atomic mass is 10.1. The highest BCUT2D eigenvalue weighted by Gasteiger charge is 2.37. The van der Waals surface area contributed by atoms with Crippen molar-refractivity contribution in [3.63, 3.8) is 0 Å². The summed E-state index contributed by atoms with van der Waals surface area (Å²) in [6.45, 7) is 0.602. The van der Waals surface area contributed by atoms with E-state index in [-0.39, 0.29) is 18.9 Å². The number of fused-ring (bicyclic) bond motifs is 2. The topological polar surface area (TPSA) is 118 Å². The second-order valence-electron chi connectivity index (χ2n) is 8.06. The summed E-state index contributed by atoms with van der Waals surface area (Å²) in [6.07, 6.45) is 2.78. The van der Waals surface area contributed by atoms with Crippen LogP contribution in [-0.2, 0) is 32.0 Å². The van der Waals surface area contributed by atoms with Gasteiger partial charge in [-0.25, -0.2) is 0 Å². The first-order valence-electron chi connectivity index (χ1n) is 10.7. The Balaban J connectivity index is 1.17. The van der Waals surface area contributed by atoms with E-state index in [4.69, 9.17) is 14.2 Å². The Kier molecular flexibility index (Phi) is 5.64.